The van der Waals surface area contributed by atoms with Crippen LogP contribution in [-0.4, -0.2) is 72.6 Å². The van der Waals surface area contributed by atoms with Crippen LogP contribution in [0, 0.1) is 6.92 Å². The molecule has 3 rings (SSSR count). The first-order valence-electron chi connectivity index (χ1n) is 8.18. The van der Waals surface area contributed by atoms with Gasteiger partial charge in [0.05, 0.1) is 6.10 Å². The largest absolute Gasteiger partial charge is 0.380 e. The number of methoxy groups -OCH3 is 1. The fourth-order valence-electron chi connectivity index (χ4n) is 3.51. The Kier molecular flexibility index (Phi) is 4.78. The SMILES string of the molecule is CO[C@H]1C[C@@H](CN2CCCC2)N(S(=O)(=O)c2cn(C)c(C)n2)C1. The first-order chi connectivity index (χ1) is 10.9. The number of sulfonamides is 1. The number of rotatable bonds is 5. The molecule has 130 valence electrons. The second-order valence-electron chi connectivity index (χ2n) is 6.57. The van der Waals surface area contributed by atoms with Crippen LogP contribution in [0.2, 0.25) is 0 Å². The lowest BCUT2D eigenvalue weighted by Crippen LogP contribution is -2.42. The zero-order valence-electron chi connectivity index (χ0n) is 14.1. The third kappa shape index (κ3) is 3.31. The van der Waals surface area contributed by atoms with E-state index in [1.807, 2.05) is 14.0 Å². The highest BCUT2D eigenvalue weighted by atomic mass is 32.2. The summed E-state index contributed by atoms with van der Waals surface area (Å²) in [7, 11) is -0.118. The molecule has 0 radical (unpaired) electrons. The van der Waals surface area contributed by atoms with E-state index in [0.717, 1.165) is 26.1 Å². The molecule has 1 aromatic heterocycles. The maximum absolute atomic E-state index is 13.0. The van der Waals surface area contributed by atoms with Gasteiger partial charge >= 0.3 is 0 Å². The van der Waals surface area contributed by atoms with E-state index in [-0.39, 0.29) is 17.2 Å². The smallest absolute Gasteiger partial charge is 0.262 e. The third-order valence-electron chi connectivity index (χ3n) is 4.99. The van der Waals surface area contributed by atoms with E-state index in [1.54, 1.807) is 22.2 Å². The molecular formula is C15H26N4O3S. The molecule has 2 aliphatic rings. The Balaban J connectivity index is 1.84. The summed E-state index contributed by atoms with van der Waals surface area (Å²) in [5.74, 6) is 0.696. The van der Waals surface area contributed by atoms with Gasteiger partial charge in [0.2, 0.25) is 0 Å². The van der Waals surface area contributed by atoms with Gasteiger partial charge in [-0.3, -0.25) is 0 Å². The summed E-state index contributed by atoms with van der Waals surface area (Å²) in [5.41, 5.74) is 0. The molecule has 1 aromatic rings. The van der Waals surface area contributed by atoms with Crippen LogP contribution in [0.4, 0.5) is 0 Å². The molecule has 0 unspecified atom stereocenters. The number of hydrogen-bond donors (Lipinski definition) is 0. The van der Waals surface area contributed by atoms with E-state index in [9.17, 15) is 8.42 Å². The molecule has 0 amide bonds. The van der Waals surface area contributed by atoms with Gasteiger partial charge in [-0.2, -0.15) is 4.31 Å². The topological polar surface area (TPSA) is 67.7 Å². The Morgan fingerprint density at radius 1 is 1.35 bits per heavy atom. The zero-order chi connectivity index (χ0) is 16.6. The van der Waals surface area contributed by atoms with Crippen molar-refractivity contribution >= 4 is 10.0 Å². The van der Waals surface area contributed by atoms with E-state index in [4.69, 9.17) is 4.74 Å². The van der Waals surface area contributed by atoms with Gasteiger partial charge in [-0.25, -0.2) is 13.4 Å². The Labute approximate surface area is 138 Å². The fraction of sp³-hybridized carbons (Fsp3) is 0.800. The molecule has 0 bridgehead atoms. The maximum atomic E-state index is 13.0. The molecule has 2 saturated heterocycles. The number of imidazole rings is 1. The van der Waals surface area contributed by atoms with Crippen LogP contribution < -0.4 is 0 Å². The van der Waals surface area contributed by atoms with Crippen LogP contribution >= 0.6 is 0 Å². The first kappa shape index (κ1) is 16.9. The first-order valence-corrected chi connectivity index (χ1v) is 9.63. The summed E-state index contributed by atoms with van der Waals surface area (Å²) >= 11 is 0. The van der Waals surface area contributed by atoms with Crippen molar-refractivity contribution in [3.63, 3.8) is 0 Å². The third-order valence-corrected chi connectivity index (χ3v) is 6.78. The standard InChI is InChI=1S/C15H26N4O3S/c1-12-16-15(11-17(12)2)23(20,21)19-10-14(22-3)8-13(19)9-18-6-4-5-7-18/h11,13-14H,4-10H2,1-3H3/t13-,14-/m0/s1. The molecular weight excluding hydrogens is 316 g/mol. The average molecular weight is 342 g/mol. The Hall–Kier alpha value is -0.960. The van der Waals surface area contributed by atoms with Crippen molar-refractivity contribution in [1.29, 1.82) is 0 Å². The number of aryl methyl sites for hydroxylation is 2. The van der Waals surface area contributed by atoms with Crippen molar-refractivity contribution in [2.75, 3.05) is 33.3 Å². The van der Waals surface area contributed by atoms with E-state index in [2.05, 4.69) is 9.88 Å². The highest BCUT2D eigenvalue weighted by molar-refractivity contribution is 7.89. The summed E-state index contributed by atoms with van der Waals surface area (Å²) in [6.45, 7) is 5.12. The van der Waals surface area contributed by atoms with Crippen molar-refractivity contribution in [1.82, 2.24) is 18.8 Å². The molecule has 0 aliphatic carbocycles. The zero-order valence-corrected chi connectivity index (χ0v) is 14.9. The average Bonchev–Trinajstić information content (AvgIpc) is 3.22. The lowest BCUT2D eigenvalue weighted by atomic mass is 10.2. The van der Waals surface area contributed by atoms with Crippen LogP contribution in [0.3, 0.4) is 0 Å². The number of hydrogen-bond acceptors (Lipinski definition) is 5. The van der Waals surface area contributed by atoms with Gasteiger partial charge in [0.15, 0.2) is 5.03 Å². The normalized spacial score (nSPS) is 27.1. The van der Waals surface area contributed by atoms with Crippen LogP contribution in [0.15, 0.2) is 11.2 Å². The summed E-state index contributed by atoms with van der Waals surface area (Å²) in [6.07, 6.45) is 4.71. The summed E-state index contributed by atoms with van der Waals surface area (Å²) in [4.78, 5) is 6.58. The quantitative estimate of drug-likeness (QED) is 0.784. The van der Waals surface area contributed by atoms with Crippen LogP contribution in [0.1, 0.15) is 25.1 Å². The molecule has 0 spiro atoms. The molecule has 0 saturated carbocycles. The minimum Gasteiger partial charge on any atom is -0.380 e. The number of nitrogens with zero attached hydrogens (tertiary/aromatic N) is 4. The van der Waals surface area contributed by atoms with Crippen molar-refractivity contribution in [2.24, 2.45) is 7.05 Å². The van der Waals surface area contributed by atoms with Gasteiger partial charge in [0.1, 0.15) is 5.82 Å². The molecule has 7 nitrogen and oxygen atoms in total. The lowest BCUT2D eigenvalue weighted by Gasteiger charge is -2.26. The second-order valence-corrected chi connectivity index (χ2v) is 8.40. The van der Waals surface area contributed by atoms with Gasteiger partial charge in [0.25, 0.3) is 10.0 Å². The minimum absolute atomic E-state index is 0.0367. The lowest BCUT2D eigenvalue weighted by molar-refractivity contribution is 0.113. The molecule has 2 atom stereocenters. The molecule has 3 heterocycles. The molecule has 0 aromatic carbocycles. The highest BCUT2D eigenvalue weighted by Gasteiger charge is 2.42. The van der Waals surface area contributed by atoms with Crippen molar-refractivity contribution in [2.45, 2.75) is 43.4 Å². The van der Waals surface area contributed by atoms with Crippen LogP contribution in [0.5, 0.6) is 0 Å². The van der Waals surface area contributed by atoms with Crippen molar-refractivity contribution in [3.8, 4) is 0 Å². The molecule has 0 N–H and O–H groups in total. The van der Waals surface area contributed by atoms with E-state index in [1.165, 1.54) is 12.8 Å². The predicted molar refractivity (Wildman–Crippen MR) is 86.7 cm³/mol. The number of ether oxygens (including phenoxy) is 1. The Morgan fingerprint density at radius 3 is 2.61 bits per heavy atom. The summed E-state index contributed by atoms with van der Waals surface area (Å²) in [5, 5.41) is 0.140. The highest BCUT2D eigenvalue weighted by Crippen LogP contribution is 2.28. The minimum atomic E-state index is -3.58. The van der Waals surface area contributed by atoms with E-state index in [0.29, 0.717) is 12.4 Å². The Bertz CT molecular complexity index is 632. The van der Waals surface area contributed by atoms with Gasteiger partial charge in [-0.1, -0.05) is 0 Å². The monoisotopic (exact) mass is 342 g/mol. The van der Waals surface area contributed by atoms with Crippen molar-refractivity contribution < 1.29 is 13.2 Å². The molecule has 23 heavy (non-hydrogen) atoms. The summed E-state index contributed by atoms with van der Waals surface area (Å²) in [6, 6.07) is -0.0367. The number of likely N-dealkylation sites (tertiary alicyclic amines) is 1. The van der Waals surface area contributed by atoms with Gasteiger partial charge < -0.3 is 14.2 Å². The van der Waals surface area contributed by atoms with Gasteiger partial charge in [-0.05, 0) is 39.3 Å². The van der Waals surface area contributed by atoms with E-state index < -0.39 is 10.0 Å². The predicted octanol–water partition coefficient (Wildman–Crippen LogP) is 0.602. The van der Waals surface area contributed by atoms with E-state index >= 15 is 0 Å². The molecule has 8 heteroatoms. The van der Waals surface area contributed by atoms with Crippen LogP contribution in [-0.2, 0) is 21.8 Å². The molecule has 2 aliphatic heterocycles. The Morgan fingerprint density at radius 2 is 2.04 bits per heavy atom. The molecule has 2 fully saturated rings. The van der Waals surface area contributed by atoms with Crippen molar-refractivity contribution in [3.05, 3.63) is 12.0 Å². The number of aromatic nitrogens is 2. The van der Waals surface area contributed by atoms with Crippen LogP contribution in [0.25, 0.3) is 0 Å². The van der Waals surface area contributed by atoms with Gasteiger partial charge in [0, 0.05) is 39.5 Å². The van der Waals surface area contributed by atoms with Gasteiger partial charge in [-0.15, -0.1) is 0 Å². The fourth-order valence-corrected chi connectivity index (χ4v) is 5.20. The second kappa shape index (κ2) is 6.51. The summed E-state index contributed by atoms with van der Waals surface area (Å²) < 4.78 is 34.8. The maximum Gasteiger partial charge on any atom is 0.262 e.